The largest absolute Gasteiger partial charge is 0.480 e. The highest BCUT2D eigenvalue weighted by Gasteiger charge is 2.28. The van der Waals surface area contributed by atoms with E-state index in [1.54, 1.807) is 0 Å². The minimum atomic E-state index is -0.681. The van der Waals surface area contributed by atoms with Crippen LogP contribution in [-0.2, 0) is 4.79 Å². The number of hydrogen-bond donors (Lipinski definition) is 1. The Morgan fingerprint density at radius 3 is 2.64 bits per heavy atom. The zero-order valence-corrected chi connectivity index (χ0v) is 7.08. The van der Waals surface area contributed by atoms with E-state index in [9.17, 15) is 4.79 Å². The quantitative estimate of drug-likeness (QED) is 0.612. The fourth-order valence-corrected chi connectivity index (χ4v) is 1.68. The Labute approximate surface area is 67.0 Å². The number of nitrogens with zero attached hydrogens (tertiary/aromatic N) is 1. The summed E-state index contributed by atoms with van der Waals surface area (Å²) < 4.78 is 0. The maximum atomic E-state index is 10.6. The minimum absolute atomic E-state index is 0.244. The molecule has 11 heavy (non-hydrogen) atoms. The van der Waals surface area contributed by atoms with Crippen molar-refractivity contribution in [3.05, 3.63) is 0 Å². The molecule has 3 nitrogen and oxygen atoms in total. The van der Waals surface area contributed by atoms with Gasteiger partial charge in [-0.05, 0) is 25.8 Å². The lowest BCUT2D eigenvalue weighted by Crippen LogP contribution is -2.44. The summed E-state index contributed by atoms with van der Waals surface area (Å²) in [6, 6.07) is -0.244. The Morgan fingerprint density at radius 2 is 2.18 bits per heavy atom. The van der Waals surface area contributed by atoms with Crippen LogP contribution in [0.3, 0.4) is 0 Å². The molecular weight excluding hydrogens is 142 g/mol. The van der Waals surface area contributed by atoms with Gasteiger partial charge in [0.15, 0.2) is 0 Å². The van der Waals surface area contributed by atoms with Crippen molar-refractivity contribution in [2.24, 2.45) is 5.92 Å². The monoisotopic (exact) mass is 157 g/mol. The number of carboxylic acid groups (broad SMARTS) is 1. The lowest BCUT2D eigenvalue weighted by atomic mass is 9.95. The van der Waals surface area contributed by atoms with Crippen molar-refractivity contribution in [1.29, 1.82) is 0 Å². The van der Waals surface area contributed by atoms with Gasteiger partial charge in [-0.1, -0.05) is 6.92 Å². The molecule has 1 saturated heterocycles. The van der Waals surface area contributed by atoms with Crippen LogP contribution in [0.1, 0.15) is 19.8 Å². The first kappa shape index (κ1) is 8.53. The van der Waals surface area contributed by atoms with E-state index >= 15 is 0 Å². The molecule has 0 amide bonds. The Balaban J connectivity index is 2.50. The van der Waals surface area contributed by atoms with Crippen LogP contribution in [0.5, 0.6) is 0 Å². The highest BCUT2D eigenvalue weighted by molar-refractivity contribution is 5.73. The van der Waals surface area contributed by atoms with Crippen LogP contribution >= 0.6 is 0 Å². The van der Waals surface area contributed by atoms with Crippen LogP contribution in [-0.4, -0.2) is 35.6 Å². The molecule has 2 unspecified atom stereocenters. The molecular formula is C8H15NO2. The number of rotatable bonds is 1. The van der Waals surface area contributed by atoms with Crippen LogP contribution in [0.25, 0.3) is 0 Å². The van der Waals surface area contributed by atoms with E-state index in [-0.39, 0.29) is 6.04 Å². The van der Waals surface area contributed by atoms with E-state index in [1.807, 2.05) is 11.9 Å². The van der Waals surface area contributed by atoms with Gasteiger partial charge in [0.2, 0.25) is 0 Å². The molecule has 1 rings (SSSR count). The molecule has 0 radical (unpaired) electrons. The summed E-state index contributed by atoms with van der Waals surface area (Å²) >= 11 is 0. The minimum Gasteiger partial charge on any atom is -0.480 e. The van der Waals surface area contributed by atoms with Gasteiger partial charge in [0.25, 0.3) is 0 Å². The normalized spacial score (nSPS) is 33.6. The molecule has 0 spiro atoms. The lowest BCUT2D eigenvalue weighted by Gasteiger charge is -2.32. The Hall–Kier alpha value is -0.570. The van der Waals surface area contributed by atoms with E-state index in [0.29, 0.717) is 5.92 Å². The Kier molecular flexibility index (Phi) is 2.49. The van der Waals surface area contributed by atoms with Gasteiger partial charge in [-0.25, -0.2) is 0 Å². The first-order chi connectivity index (χ1) is 5.11. The summed E-state index contributed by atoms with van der Waals surface area (Å²) in [6.07, 6.45) is 1.84. The molecule has 64 valence electrons. The second kappa shape index (κ2) is 3.22. The number of aliphatic carboxylic acids is 1. The van der Waals surface area contributed by atoms with Crippen molar-refractivity contribution in [2.45, 2.75) is 25.8 Å². The van der Waals surface area contributed by atoms with Gasteiger partial charge in [-0.3, -0.25) is 9.69 Å². The average molecular weight is 157 g/mol. The number of hydrogen-bond acceptors (Lipinski definition) is 2. The highest BCUT2D eigenvalue weighted by atomic mass is 16.4. The number of carboxylic acids is 1. The van der Waals surface area contributed by atoms with Gasteiger partial charge in [-0.15, -0.1) is 0 Å². The van der Waals surface area contributed by atoms with E-state index in [0.717, 1.165) is 19.4 Å². The van der Waals surface area contributed by atoms with Crippen molar-refractivity contribution < 1.29 is 9.90 Å². The number of likely N-dealkylation sites (N-methyl/N-ethyl adjacent to an activating group) is 1. The molecule has 1 fully saturated rings. The second-order valence-corrected chi connectivity index (χ2v) is 3.48. The number of likely N-dealkylation sites (tertiary alicyclic amines) is 1. The summed E-state index contributed by atoms with van der Waals surface area (Å²) in [5.41, 5.74) is 0. The van der Waals surface area contributed by atoms with Gasteiger partial charge < -0.3 is 5.11 Å². The maximum absolute atomic E-state index is 10.6. The van der Waals surface area contributed by atoms with Crippen LogP contribution in [0.2, 0.25) is 0 Å². The molecule has 1 N–H and O–H groups in total. The summed E-state index contributed by atoms with van der Waals surface area (Å²) in [4.78, 5) is 12.6. The average Bonchev–Trinajstić information content (AvgIpc) is 1.85. The molecule has 0 aromatic carbocycles. The van der Waals surface area contributed by atoms with Crippen molar-refractivity contribution >= 4 is 5.97 Å². The van der Waals surface area contributed by atoms with Gasteiger partial charge in [0, 0.05) is 6.54 Å². The zero-order valence-electron chi connectivity index (χ0n) is 7.08. The van der Waals surface area contributed by atoms with E-state index in [4.69, 9.17) is 5.11 Å². The fourth-order valence-electron chi connectivity index (χ4n) is 1.68. The summed E-state index contributed by atoms with van der Waals surface area (Å²) in [5, 5.41) is 8.75. The van der Waals surface area contributed by atoms with Crippen molar-refractivity contribution in [3.63, 3.8) is 0 Å². The van der Waals surface area contributed by atoms with Crippen LogP contribution in [0, 0.1) is 5.92 Å². The molecule has 1 aliphatic heterocycles. The molecule has 1 heterocycles. The van der Waals surface area contributed by atoms with Gasteiger partial charge in [-0.2, -0.15) is 0 Å². The molecule has 1 aliphatic rings. The van der Waals surface area contributed by atoms with Crippen molar-refractivity contribution in [3.8, 4) is 0 Å². The number of carbonyl (C=O) groups is 1. The third-order valence-electron chi connectivity index (χ3n) is 2.35. The summed E-state index contributed by atoms with van der Waals surface area (Å²) in [6.45, 7) is 3.07. The predicted octanol–water partition coefficient (Wildman–Crippen LogP) is 0.801. The van der Waals surface area contributed by atoms with Gasteiger partial charge in [0.1, 0.15) is 6.04 Å². The summed E-state index contributed by atoms with van der Waals surface area (Å²) in [5.74, 6) is -0.0324. The molecule has 0 aromatic heterocycles. The van der Waals surface area contributed by atoms with Crippen LogP contribution in [0.15, 0.2) is 0 Å². The van der Waals surface area contributed by atoms with Gasteiger partial charge in [0.05, 0.1) is 0 Å². The standard InChI is InChI=1S/C8H15NO2/c1-6-3-4-7(8(10)11)9(2)5-6/h6-7H,3-5H2,1-2H3,(H,10,11). The lowest BCUT2D eigenvalue weighted by molar-refractivity contribution is -0.144. The van der Waals surface area contributed by atoms with E-state index in [1.165, 1.54) is 0 Å². The maximum Gasteiger partial charge on any atom is 0.320 e. The second-order valence-electron chi connectivity index (χ2n) is 3.48. The Morgan fingerprint density at radius 1 is 1.55 bits per heavy atom. The molecule has 0 aromatic rings. The van der Waals surface area contributed by atoms with Crippen molar-refractivity contribution in [2.75, 3.05) is 13.6 Å². The van der Waals surface area contributed by atoms with Crippen LogP contribution in [0.4, 0.5) is 0 Å². The van der Waals surface area contributed by atoms with Crippen LogP contribution < -0.4 is 0 Å². The molecule has 0 bridgehead atoms. The summed E-state index contributed by atoms with van der Waals surface area (Å²) in [7, 11) is 1.88. The Bertz CT molecular complexity index is 158. The fraction of sp³-hybridized carbons (Fsp3) is 0.875. The SMILES string of the molecule is CC1CCC(C(=O)O)N(C)C1. The predicted molar refractivity (Wildman–Crippen MR) is 42.5 cm³/mol. The highest BCUT2D eigenvalue weighted by Crippen LogP contribution is 2.19. The third-order valence-corrected chi connectivity index (χ3v) is 2.35. The van der Waals surface area contributed by atoms with E-state index in [2.05, 4.69) is 6.92 Å². The third kappa shape index (κ3) is 1.93. The molecule has 2 atom stereocenters. The van der Waals surface area contributed by atoms with E-state index < -0.39 is 5.97 Å². The topological polar surface area (TPSA) is 40.5 Å². The van der Waals surface area contributed by atoms with Crippen molar-refractivity contribution in [1.82, 2.24) is 4.90 Å². The van der Waals surface area contributed by atoms with Gasteiger partial charge >= 0.3 is 5.97 Å². The zero-order chi connectivity index (χ0) is 8.43. The smallest absolute Gasteiger partial charge is 0.320 e. The first-order valence-electron chi connectivity index (χ1n) is 4.04. The molecule has 0 aliphatic carbocycles. The first-order valence-corrected chi connectivity index (χ1v) is 4.04. The number of piperidine rings is 1. The molecule has 0 saturated carbocycles. The molecule has 3 heteroatoms.